The van der Waals surface area contributed by atoms with Crippen LogP contribution in [0.2, 0.25) is 0 Å². The van der Waals surface area contributed by atoms with Crippen LogP contribution in [0.15, 0.2) is 0 Å². The molecule has 0 bridgehead atoms. The maximum atomic E-state index is 12.0. The summed E-state index contributed by atoms with van der Waals surface area (Å²) in [6.07, 6.45) is 2.38. The zero-order valence-electron chi connectivity index (χ0n) is 12.4. The van der Waals surface area contributed by atoms with Crippen molar-refractivity contribution in [3.05, 3.63) is 0 Å². The monoisotopic (exact) mass is 283 g/mol. The molecule has 2 aliphatic rings. The Labute approximate surface area is 120 Å². The fourth-order valence-corrected chi connectivity index (χ4v) is 2.66. The van der Waals surface area contributed by atoms with Crippen molar-refractivity contribution in [2.24, 2.45) is 5.92 Å². The predicted molar refractivity (Wildman–Crippen MR) is 75.0 cm³/mol. The Balaban J connectivity index is 1.75. The second kappa shape index (κ2) is 6.54. The van der Waals surface area contributed by atoms with Crippen LogP contribution in [0.5, 0.6) is 0 Å². The lowest BCUT2D eigenvalue weighted by Crippen LogP contribution is -2.54. The number of nitrogens with zero attached hydrogens (tertiary/aromatic N) is 1. The van der Waals surface area contributed by atoms with Crippen LogP contribution in [0, 0.1) is 5.92 Å². The summed E-state index contributed by atoms with van der Waals surface area (Å²) in [6.45, 7) is 7.48. The van der Waals surface area contributed by atoms with E-state index in [4.69, 9.17) is 4.74 Å². The third kappa shape index (κ3) is 3.70. The van der Waals surface area contributed by atoms with Crippen LogP contribution in [0.1, 0.15) is 33.1 Å². The van der Waals surface area contributed by atoms with Gasteiger partial charge >= 0.3 is 11.8 Å². The topological polar surface area (TPSA) is 70.7 Å². The first-order valence-electron chi connectivity index (χ1n) is 7.48. The number of rotatable bonds is 3. The van der Waals surface area contributed by atoms with Gasteiger partial charge in [0.05, 0.1) is 6.61 Å². The van der Waals surface area contributed by atoms with Gasteiger partial charge in [0.15, 0.2) is 0 Å². The van der Waals surface area contributed by atoms with Gasteiger partial charge in [0.2, 0.25) is 0 Å². The van der Waals surface area contributed by atoms with Crippen molar-refractivity contribution in [3.63, 3.8) is 0 Å². The number of ether oxygens (including phenoxy) is 1. The zero-order valence-corrected chi connectivity index (χ0v) is 12.4. The van der Waals surface area contributed by atoms with E-state index in [1.54, 1.807) is 4.90 Å². The largest absolute Gasteiger partial charge is 0.359 e. The molecule has 0 atom stereocenters. The smallest absolute Gasteiger partial charge is 0.311 e. The highest BCUT2D eigenvalue weighted by Gasteiger charge is 2.39. The third-order valence-electron chi connectivity index (χ3n) is 3.99. The Bertz CT molecular complexity index is 355. The van der Waals surface area contributed by atoms with E-state index in [0.717, 1.165) is 32.4 Å². The van der Waals surface area contributed by atoms with E-state index in [0.29, 0.717) is 25.6 Å². The molecule has 0 saturated carbocycles. The maximum absolute atomic E-state index is 12.0. The van der Waals surface area contributed by atoms with Crippen LogP contribution in [-0.4, -0.2) is 55.2 Å². The standard InChI is InChI=1S/C14H25N3O3/c1-11(2)3-6-15-12(18)13(19)17-8-4-14(5-9-17)16-7-10-20-14/h11,16H,3-10H2,1-2H3,(H,15,18). The number of hydrogen-bond donors (Lipinski definition) is 2. The summed E-state index contributed by atoms with van der Waals surface area (Å²) in [5, 5.41) is 6.04. The van der Waals surface area contributed by atoms with Crippen molar-refractivity contribution >= 4 is 11.8 Å². The van der Waals surface area contributed by atoms with Gasteiger partial charge in [-0.2, -0.15) is 0 Å². The number of carbonyl (C=O) groups excluding carboxylic acids is 2. The number of amides is 2. The molecule has 0 aliphatic carbocycles. The molecule has 1 spiro atoms. The summed E-state index contributed by atoms with van der Waals surface area (Å²) < 4.78 is 5.71. The first-order valence-corrected chi connectivity index (χ1v) is 7.48. The van der Waals surface area contributed by atoms with Gasteiger partial charge in [-0.05, 0) is 12.3 Å². The molecule has 2 saturated heterocycles. The average molecular weight is 283 g/mol. The molecular formula is C14H25N3O3. The average Bonchev–Trinajstić information content (AvgIpc) is 2.86. The van der Waals surface area contributed by atoms with Gasteiger partial charge < -0.3 is 15.0 Å². The lowest BCUT2D eigenvalue weighted by Gasteiger charge is -2.38. The quantitative estimate of drug-likeness (QED) is 0.720. The molecule has 6 heteroatoms. The van der Waals surface area contributed by atoms with Crippen LogP contribution >= 0.6 is 0 Å². The zero-order chi connectivity index (χ0) is 14.6. The number of hydrogen-bond acceptors (Lipinski definition) is 4. The van der Waals surface area contributed by atoms with Gasteiger partial charge in [0.1, 0.15) is 5.72 Å². The summed E-state index contributed by atoms with van der Waals surface area (Å²) in [6, 6.07) is 0. The molecule has 0 aromatic rings. The molecule has 2 heterocycles. The minimum atomic E-state index is -0.484. The van der Waals surface area contributed by atoms with Crippen LogP contribution in [-0.2, 0) is 14.3 Å². The molecule has 2 rings (SSSR count). The normalized spacial score (nSPS) is 21.4. The number of nitrogens with one attached hydrogen (secondary N) is 2. The molecule has 0 unspecified atom stereocenters. The lowest BCUT2D eigenvalue weighted by atomic mass is 10.0. The van der Waals surface area contributed by atoms with Gasteiger partial charge in [0.25, 0.3) is 0 Å². The van der Waals surface area contributed by atoms with Gasteiger partial charge in [-0.25, -0.2) is 0 Å². The fraction of sp³-hybridized carbons (Fsp3) is 0.857. The molecule has 20 heavy (non-hydrogen) atoms. The molecular weight excluding hydrogens is 258 g/mol. The number of piperidine rings is 1. The van der Waals surface area contributed by atoms with E-state index in [-0.39, 0.29) is 5.72 Å². The molecule has 114 valence electrons. The van der Waals surface area contributed by atoms with Crippen LogP contribution in [0.4, 0.5) is 0 Å². The minimum absolute atomic E-state index is 0.259. The molecule has 0 radical (unpaired) electrons. The molecule has 2 aliphatic heterocycles. The van der Waals surface area contributed by atoms with E-state index in [1.807, 2.05) is 0 Å². The SMILES string of the molecule is CC(C)CCNC(=O)C(=O)N1CCC2(CC1)NCCO2. The van der Waals surface area contributed by atoms with Gasteiger partial charge in [0, 0.05) is 39.0 Å². The maximum Gasteiger partial charge on any atom is 0.311 e. The Morgan fingerprint density at radius 2 is 2.05 bits per heavy atom. The molecule has 2 amide bonds. The Morgan fingerprint density at radius 3 is 2.60 bits per heavy atom. The lowest BCUT2D eigenvalue weighted by molar-refractivity contribution is -0.149. The van der Waals surface area contributed by atoms with Crippen molar-refractivity contribution in [1.29, 1.82) is 0 Å². The molecule has 0 aromatic heterocycles. The summed E-state index contributed by atoms with van der Waals surface area (Å²) in [7, 11) is 0. The van der Waals surface area contributed by atoms with Crippen LogP contribution in [0.25, 0.3) is 0 Å². The number of carbonyl (C=O) groups is 2. The highest BCUT2D eigenvalue weighted by molar-refractivity contribution is 6.35. The summed E-state index contributed by atoms with van der Waals surface area (Å²) >= 11 is 0. The van der Waals surface area contributed by atoms with E-state index in [2.05, 4.69) is 24.5 Å². The Kier molecular flexibility index (Phi) is 4.99. The van der Waals surface area contributed by atoms with Crippen LogP contribution in [0.3, 0.4) is 0 Å². The minimum Gasteiger partial charge on any atom is -0.359 e. The summed E-state index contributed by atoms with van der Waals surface area (Å²) in [4.78, 5) is 25.4. The van der Waals surface area contributed by atoms with E-state index in [1.165, 1.54) is 0 Å². The van der Waals surface area contributed by atoms with E-state index in [9.17, 15) is 9.59 Å². The second-order valence-electron chi connectivity index (χ2n) is 6.00. The van der Waals surface area contributed by atoms with E-state index >= 15 is 0 Å². The number of likely N-dealkylation sites (tertiary alicyclic amines) is 1. The van der Waals surface area contributed by atoms with E-state index < -0.39 is 11.8 Å². The molecule has 6 nitrogen and oxygen atoms in total. The fourth-order valence-electron chi connectivity index (χ4n) is 2.66. The van der Waals surface area contributed by atoms with Crippen LogP contribution < -0.4 is 10.6 Å². The highest BCUT2D eigenvalue weighted by atomic mass is 16.5. The summed E-state index contributed by atoms with van der Waals surface area (Å²) in [5.74, 6) is -0.380. The Hall–Kier alpha value is -1.14. The molecule has 2 N–H and O–H groups in total. The first kappa shape index (κ1) is 15.3. The third-order valence-corrected chi connectivity index (χ3v) is 3.99. The molecule has 0 aromatic carbocycles. The predicted octanol–water partition coefficient (Wildman–Crippen LogP) is 0.0872. The molecule has 2 fully saturated rings. The first-order chi connectivity index (χ1) is 9.52. The van der Waals surface area contributed by atoms with Gasteiger partial charge in [-0.3, -0.25) is 14.9 Å². The van der Waals surface area contributed by atoms with Crippen molar-refractivity contribution < 1.29 is 14.3 Å². The Morgan fingerprint density at radius 1 is 1.35 bits per heavy atom. The van der Waals surface area contributed by atoms with Crippen molar-refractivity contribution in [2.75, 3.05) is 32.8 Å². The van der Waals surface area contributed by atoms with Crippen molar-refractivity contribution in [1.82, 2.24) is 15.5 Å². The van der Waals surface area contributed by atoms with Gasteiger partial charge in [-0.1, -0.05) is 13.8 Å². The van der Waals surface area contributed by atoms with Crippen molar-refractivity contribution in [2.45, 2.75) is 38.8 Å². The second-order valence-corrected chi connectivity index (χ2v) is 6.00. The van der Waals surface area contributed by atoms with Crippen molar-refractivity contribution in [3.8, 4) is 0 Å². The summed E-state index contributed by atoms with van der Waals surface area (Å²) in [5.41, 5.74) is -0.259. The van der Waals surface area contributed by atoms with Gasteiger partial charge in [-0.15, -0.1) is 0 Å². The highest BCUT2D eigenvalue weighted by Crippen LogP contribution is 2.26.